The van der Waals surface area contributed by atoms with Gasteiger partial charge in [0.25, 0.3) is 0 Å². The molecule has 0 aromatic heterocycles. The number of nitrogens with one attached hydrogen (secondary N) is 2. The Morgan fingerprint density at radius 1 is 1.47 bits per heavy atom. The van der Waals surface area contributed by atoms with E-state index in [0.29, 0.717) is 23.7 Å². The second kappa shape index (κ2) is 7.28. The molecule has 19 heavy (non-hydrogen) atoms. The lowest BCUT2D eigenvalue weighted by atomic mass is 10.3. The Bertz CT molecular complexity index is 565. The van der Waals surface area contributed by atoms with Gasteiger partial charge in [0, 0.05) is 18.0 Å². The third-order valence-electron chi connectivity index (χ3n) is 2.31. The first-order valence-electron chi connectivity index (χ1n) is 5.59. The molecule has 0 aliphatic heterocycles. The highest BCUT2D eigenvalue weighted by Gasteiger charge is 2.16. The number of nitrogen functional groups attached to an aromatic ring is 1. The highest BCUT2D eigenvalue weighted by atomic mass is 32.2. The predicted molar refractivity (Wildman–Crippen MR) is 81.7 cm³/mol. The SMILES string of the molecule is C#CCSCCNc1ccc(N)cc1S(=O)(=O)NC. The molecule has 0 saturated heterocycles. The first-order valence-corrected chi connectivity index (χ1v) is 8.23. The van der Waals surface area contributed by atoms with E-state index in [1.54, 1.807) is 23.9 Å². The molecule has 1 rings (SSSR count). The molecule has 4 N–H and O–H groups in total. The number of hydrogen-bond acceptors (Lipinski definition) is 5. The van der Waals surface area contributed by atoms with Crippen molar-refractivity contribution < 1.29 is 8.42 Å². The van der Waals surface area contributed by atoms with E-state index in [9.17, 15) is 8.42 Å². The number of rotatable bonds is 7. The van der Waals surface area contributed by atoms with Crippen LogP contribution in [-0.2, 0) is 10.0 Å². The predicted octanol–water partition coefficient (Wildman–Crippen LogP) is 0.955. The highest BCUT2D eigenvalue weighted by Crippen LogP contribution is 2.23. The van der Waals surface area contributed by atoms with Gasteiger partial charge in [0.05, 0.1) is 11.4 Å². The highest BCUT2D eigenvalue weighted by molar-refractivity contribution is 7.99. The van der Waals surface area contributed by atoms with E-state index < -0.39 is 10.0 Å². The van der Waals surface area contributed by atoms with Gasteiger partial charge >= 0.3 is 0 Å². The quantitative estimate of drug-likeness (QED) is 0.397. The van der Waals surface area contributed by atoms with Crippen LogP contribution in [0.2, 0.25) is 0 Å². The molecule has 5 nitrogen and oxygen atoms in total. The molecule has 0 fully saturated rings. The second-order valence-electron chi connectivity index (χ2n) is 3.65. The molecule has 104 valence electrons. The Labute approximate surface area is 118 Å². The fraction of sp³-hybridized carbons (Fsp3) is 0.333. The summed E-state index contributed by atoms with van der Waals surface area (Å²) < 4.78 is 26.0. The lowest BCUT2D eigenvalue weighted by molar-refractivity contribution is 0.588. The van der Waals surface area contributed by atoms with Crippen molar-refractivity contribution in [2.75, 3.05) is 36.1 Å². The fourth-order valence-electron chi connectivity index (χ4n) is 1.41. The maximum absolute atomic E-state index is 11.9. The smallest absolute Gasteiger partial charge is 0.242 e. The van der Waals surface area contributed by atoms with E-state index in [1.165, 1.54) is 13.1 Å². The van der Waals surface area contributed by atoms with Gasteiger partial charge in [0.15, 0.2) is 0 Å². The first kappa shape index (κ1) is 15.7. The largest absolute Gasteiger partial charge is 0.399 e. The molecular weight excluding hydrogens is 282 g/mol. The zero-order valence-electron chi connectivity index (χ0n) is 10.6. The zero-order chi connectivity index (χ0) is 14.3. The van der Waals surface area contributed by atoms with Crippen LogP contribution >= 0.6 is 11.8 Å². The van der Waals surface area contributed by atoms with Crippen molar-refractivity contribution in [3.63, 3.8) is 0 Å². The number of benzene rings is 1. The van der Waals surface area contributed by atoms with E-state index in [2.05, 4.69) is 16.0 Å². The molecule has 0 radical (unpaired) electrons. The number of thioether (sulfide) groups is 1. The van der Waals surface area contributed by atoms with E-state index in [0.717, 1.165) is 5.75 Å². The molecule has 0 heterocycles. The van der Waals surface area contributed by atoms with Crippen LogP contribution in [0, 0.1) is 12.3 Å². The summed E-state index contributed by atoms with van der Waals surface area (Å²) in [6.45, 7) is 0.627. The summed E-state index contributed by atoms with van der Waals surface area (Å²) in [4.78, 5) is 0.150. The number of sulfonamides is 1. The van der Waals surface area contributed by atoms with Crippen LogP contribution < -0.4 is 15.8 Å². The van der Waals surface area contributed by atoms with E-state index in [4.69, 9.17) is 12.2 Å². The molecule has 7 heteroatoms. The average Bonchev–Trinajstić information content (AvgIpc) is 2.40. The van der Waals surface area contributed by atoms with Crippen LogP contribution in [0.1, 0.15) is 0 Å². The minimum atomic E-state index is -3.53. The van der Waals surface area contributed by atoms with Crippen molar-refractivity contribution in [3.8, 4) is 12.3 Å². The molecule has 0 aliphatic rings. The first-order chi connectivity index (χ1) is 9.01. The monoisotopic (exact) mass is 299 g/mol. The lowest BCUT2D eigenvalue weighted by Gasteiger charge is -2.12. The summed E-state index contributed by atoms with van der Waals surface area (Å²) in [5.41, 5.74) is 6.56. The third kappa shape index (κ3) is 4.67. The van der Waals surface area contributed by atoms with Crippen LogP contribution in [0.25, 0.3) is 0 Å². The minimum Gasteiger partial charge on any atom is -0.399 e. The fourth-order valence-corrected chi connectivity index (χ4v) is 2.86. The van der Waals surface area contributed by atoms with Crippen molar-refractivity contribution >= 4 is 33.2 Å². The molecule has 0 saturated carbocycles. The summed E-state index contributed by atoms with van der Waals surface area (Å²) in [7, 11) is -2.16. The molecule has 1 aromatic carbocycles. The van der Waals surface area contributed by atoms with E-state index >= 15 is 0 Å². The molecular formula is C12H17N3O2S2. The van der Waals surface area contributed by atoms with Crippen LogP contribution in [0.15, 0.2) is 23.1 Å². The Morgan fingerprint density at radius 3 is 2.84 bits per heavy atom. The molecule has 0 bridgehead atoms. The normalized spacial score (nSPS) is 10.9. The summed E-state index contributed by atoms with van der Waals surface area (Å²) in [5.74, 6) is 3.97. The minimum absolute atomic E-state index is 0.150. The Hall–Kier alpha value is -1.36. The van der Waals surface area contributed by atoms with Crippen LogP contribution in [0.3, 0.4) is 0 Å². The Kier molecular flexibility index (Phi) is 6.02. The average molecular weight is 299 g/mol. The van der Waals surface area contributed by atoms with Crippen molar-refractivity contribution in [2.24, 2.45) is 0 Å². The molecule has 1 aromatic rings. The van der Waals surface area contributed by atoms with Gasteiger partial charge in [-0.2, -0.15) is 0 Å². The van der Waals surface area contributed by atoms with Gasteiger partial charge in [0.1, 0.15) is 4.90 Å². The maximum atomic E-state index is 11.9. The molecule has 0 amide bonds. The van der Waals surface area contributed by atoms with Crippen molar-refractivity contribution in [2.45, 2.75) is 4.90 Å². The summed E-state index contributed by atoms with van der Waals surface area (Å²) in [6, 6.07) is 4.75. The summed E-state index contributed by atoms with van der Waals surface area (Å²) in [5, 5.41) is 3.08. The Balaban J connectivity index is 2.81. The van der Waals surface area contributed by atoms with Gasteiger partial charge < -0.3 is 11.1 Å². The third-order valence-corrected chi connectivity index (χ3v) is 4.63. The molecule has 0 spiro atoms. The summed E-state index contributed by atoms with van der Waals surface area (Å²) >= 11 is 1.61. The van der Waals surface area contributed by atoms with Crippen molar-refractivity contribution in [3.05, 3.63) is 18.2 Å². The molecule has 0 aliphatic carbocycles. The molecule has 0 atom stereocenters. The number of hydrogen-bond donors (Lipinski definition) is 3. The van der Waals surface area contributed by atoms with Gasteiger partial charge in [0.2, 0.25) is 10.0 Å². The number of nitrogens with two attached hydrogens (primary N) is 1. The van der Waals surface area contributed by atoms with Gasteiger partial charge in [-0.3, -0.25) is 0 Å². The van der Waals surface area contributed by atoms with Crippen molar-refractivity contribution in [1.82, 2.24) is 4.72 Å². The number of anilines is 2. The second-order valence-corrected chi connectivity index (χ2v) is 6.61. The molecule has 0 unspecified atom stereocenters. The Morgan fingerprint density at radius 2 is 2.21 bits per heavy atom. The standard InChI is InChI=1S/C12H17N3O2S2/c1-3-7-18-8-6-15-11-5-4-10(13)9-12(11)19(16,17)14-2/h1,4-5,9,14-15H,6-8,13H2,2H3. The van der Waals surface area contributed by atoms with Gasteiger partial charge in [-0.15, -0.1) is 18.2 Å². The van der Waals surface area contributed by atoms with Crippen molar-refractivity contribution in [1.29, 1.82) is 0 Å². The lowest BCUT2D eigenvalue weighted by Crippen LogP contribution is -2.21. The maximum Gasteiger partial charge on any atom is 0.242 e. The van der Waals surface area contributed by atoms with Gasteiger partial charge in [-0.05, 0) is 25.2 Å². The van der Waals surface area contributed by atoms with Crippen LogP contribution in [0.4, 0.5) is 11.4 Å². The van der Waals surface area contributed by atoms with Gasteiger partial charge in [-0.1, -0.05) is 5.92 Å². The van der Waals surface area contributed by atoms with Gasteiger partial charge in [-0.25, -0.2) is 13.1 Å². The summed E-state index contributed by atoms with van der Waals surface area (Å²) in [6.07, 6.45) is 5.15. The van der Waals surface area contributed by atoms with Crippen LogP contribution in [-0.4, -0.2) is 33.5 Å². The van der Waals surface area contributed by atoms with Crippen LogP contribution in [0.5, 0.6) is 0 Å². The van der Waals surface area contributed by atoms with E-state index in [-0.39, 0.29) is 4.90 Å². The topological polar surface area (TPSA) is 84.2 Å². The van der Waals surface area contributed by atoms with E-state index in [1.807, 2.05) is 0 Å². The zero-order valence-corrected chi connectivity index (χ0v) is 12.3. The number of terminal acetylenes is 1.